The molecule has 126 valence electrons. The van der Waals surface area contributed by atoms with Gasteiger partial charge in [-0.25, -0.2) is 0 Å². The molecule has 0 aromatic carbocycles. The van der Waals surface area contributed by atoms with E-state index in [0.717, 1.165) is 28.9 Å². The van der Waals surface area contributed by atoms with E-state index in [1.165, 1.54) is 0 Å². The predicted molar refractivity (Wildman–Crippen MR) is 88.1 cm³/mol. The third kappa shape index (κ3) is 3.98. The van der Waals surface area contributed by atoms with Crippen LogP contribution in [0.25, 0.3) is 0 Å². The number of aromatic nitrogens is 1. The van der Waals surface area contributed by atoms with E-state index < -0.39 is 0 Å². The molecule has 1 aromatic rings. The average molecular weight is 336 g/mol. The van der Waals surface area contributed by atoms with Crippen molar-refractivity contribution in [3.8, 4) is 0 Å². The maximum Gasteiger partial charge on any atom is 0.251 e. The SMILES string of the molecule is COCCn1cc(C)s/c1=N\C(=O)[C@H]1C[C@@H]2CC(=O)C[C@@H](C2)C1. The van der Waals surface area contributed by atoms with Crippen molar-refractivity contribution >= 4 is 23.0 Å². The van der Waals surface area contributed by atoms with Gasteiger partial charge in [-0.1, -0.05) is 0 Å². The number of ketones is 1. The van der Waals surface area contributed by atoms with Gasteiger partial charge in [-0.05, 0) is 38.0 Å². The van der Waals surface area contributed by atoms with Crippen molar-refractivity contribution < 1.29 is 14.3 Å². The lowest BCUT2D eigenvalue weighted by atomic mass is 9.67. The number of nitrogens with zero attached hydrogens (tertiary/aromatic N) is 2. The van der Waals surface area contributed by atoms with Gasteiger partial charge in [0.15, 0.2) is 4.80 Å². The first-order valence-electron chi connectivity index (χ1n) is 8.31. The van der Waals surface area contributed by atoms with Crippen LogP contribution < -0.4 is 4.80 Å². The highest BCUT2D eigenvalue weighted by Crippen LogP contribution is 2.41. The van der Waals surface area contributed by atoms with Crippen LogP contribution in [0.4, 0.5) is 0 Å². The van der Waals surface area contributed by atoms with E-state index >= 15 is 0 Å². The molecule has 0 aliphatic heterocycles. The van der Waals surface area contributed by atoms with Gasteiger partial charge in [0, 0.05) is 43.5 Å². The molecule has 0 spiro atoms. The Morgan fingerprint density at radius 3 is 2.70 bits per heavy atom. The van der Waals surface area contributed by atoms with Gasteiger partial charge in [-0.15, -0.1) is 11.3 Å². The zero-order chi connectivity index (χ0) is 16.4. The number of carbonyl (C=O) groups is 2. The van der Waals surface area contributed by atoms with Crippen LogP contribution in [-0.2, 0) is 20.9 Å². The molecule has 2 bridgehead atoms. The van der Waals surface area contributed by atoms with Gasteiger partial charge in [-0.2, -0.15) is 4.99 Å². The van der Waals surface area contributed by atoms with Crippen LogP contribution >= 0.6 is 11.3 Å². The number of fused-ring (bicyclic) bond motifs is 2. The number of Topliss-reactive ketones (excluding diaryl/α,β-unsaturated/α-hetero) is 1. The van der Waals surface area contributed by atoms with Gasteiger partial charge in [0.05, 0.1) is 6.61 Å². The van der Waals surface area contributed by atoms with E-state index in [9.17, 15) is 9.59 Å². The van der Waals surface area contributed by atoms with Crippen LogP contribution in [0.15, 0.2) is 11.2 Å². The number of methoxy groups -OCH3 is 1. The Kier molecular flexibility index (Phi) is 5.11. The second-order valence-electron chi connectivity index (χ2n) is 6.84. The lowest BCUT2D eigenvalue weighted by Gasteiger charge is -2.36. The van der Waals surface area contributed by atoms with Crippen LogP contribution in [0.3, 0.4) is 0 Å². The molecule has 2 fully saturated rings. The fourth-order valence-electron chi connectivity index (χ4n) is 3.95. The first-order valence-corrected chi connectivity index (χ1v) is 9.13. The van der Waals surface area contributed by atoms with Gasteiger partial charge in [0.25, 0.3) is 5.91 Å². The average Bonchev–Trinajstić information content (AvgIpc) is 2.83. The maximum absolute atomic E-state index is 12.6. The van der Waals surface area contributed by atoms with E-state index in [1.54, 1.807) is 18.4 Å². The normalized spacial score (nSPS) is 28.2. The van der Waals surface area contributed by atoms with E-state index in [-0.39, 0.29) is 11.8 Å². The Bertz CT molecular complexity index is 645. The Balaban J connectivity index is 1.75. The number of rotatable bonds is 4. The molecule has 0 unspecified atom stereocenters. The lowest BCUT2D eigenvalue weighted by Crippen LogP contribution is -2.34. The van der Waals surface area contributed by atoms with E-state index in [0.29, 0.717) is 43.6 Å². The largest absolute Gasteiger partial charge is 0.383 e. The molecule has 1 amide bonds. The molecular formula is C17H24N2O3S. The fraction of sp³-hybridized carbons (Fsp3) is 0.706. The monoisotopic (exact) mass is 336 g/mol. The number of thiazole rings is 1. The van der Waals surface area contributed by atoms with E-state index in [1.807, 2.05) is 17.7 Å². The Labute approximate surface area is 140 Å². The van der Waals surface area contributed by atoms with Crippen LogP contribution in [0, 0.1) is 24.7 Å². The third-order valence-electron chi connectivity index (χ3n) is 4.86. The van der Waals surface area contributed by atoms with Gasteiger partial charge in [0.1, 0.15) is 5.78 Å². The molecule has 0 radical (unpaired) electrons. The van der Waals surface area contributed by atoms with Crippen LogP contribution in [-0.4, -0.2) is 30.0 Å². The van der Waals surface area contributed by atoms with Crippen molar-refractivity contribution in [1.82, 2.24) is 4.57 Å². The Morgan fingerprint density at radius 2 is 2.04 bits per heavy atom. The second-order valence-corrected chi connectivity index (χ2v) is 8.06. The zero-order valence-electron chi connectivity index (χ0n) is 13.8. The molecule has 3 rings (SSSR count). The number of amides is 1. The summed E-state index contributed by atoms with van der Waals surface area (Å²) < 4.78 is 7.11. The molecule has 0 saturated heterocycles. The van der Waals surface area contributed by atoms with Crippen molar-refractivity contribution in [1.29, 1.82) is 0 Å². The van der Waals surface area contributed by atoms with Gasteiger partial charge >= 0.3 is 0 Å². The molecule has 3 atom stereocenters. The summed E-state index contributed by atoms with van der Waals surface area (Å²) in [5, 5.41) is 0. The summed E-state index contributed by atoms with van der Waals surface area (Å²) in [5.41, 5.74) is 0. The molecule has 2 aliphatic carbocycles. The smallest absolute Gasteiger partial charge is 0.251 e. The highest BCUT2D eigenvalue weighted by molar-refractivity contribution is 7.09. The number of aryl methyl sites for hydroxylation is 1. The van der Waals surface area contributed by atoms with Crippen molar-refractivity contribution in [2.24, 2.45) is 22.7 Å². The molecule has 2 saturated carbocycles. The lowest BCUT2D eigenvalue weighted by molar-refractivity contribution is -0.130. The summed E-state index contributed by atoms with van der Waals surface area (Å²) in [6, 6.07) is 0. The van der Waals surface area contributed by atoms with Crippen molar-refractivity contribution in [2.75, 3.05) is 13.7 Å². The van der Waals surface area contributed by atoms with Crippen molar-refractivity contribution in [3.63, 3.8) is 0 Å². The van der Waals surface area contributed by atoms with Gasteiger partial charge in [0.2, 0.25) is 0 Å². The molecule has 23 heavy (non-hydrogen) atoms. The van der Waals surface area contributed by atoms with E-state index in [4.69, 9.17) is 4.74 Å². The van der Waals surface area contributed by atoms with Crippen molar-refractivity contribution in [3.05, 3.63) is 15.9 Å². The van der Waals surface area contributed by atoms with Crippen LogP contribution in [0.5, 0.6) is 0 Å². The van der Waals surface area contributed by atoms with Crippen molar-refractivity contribution in [2.45, 2.75) is 45.6 Å². The predicted octanol–water partition coefficient (Wildman–Crippen LogP) is 2.33. The summed E-state index contributed by atoms with van der Waals surface area (Å²) in [4.78, 5) is 30.6. The number of hydrogen-bond donors (Lipinski definition) is 0. The first kappa shape index (κ1) is 16.6. The zero-order valence-corrected chi connectivity index (χ0v) is 14.6. The molecule has 5 nitrogen and oxygen atoms in total. The Morgan fingerprint density at radius 1 is 1.35 bits per heavy atom. The topological polar surface area (TPSA) is 60.7 Å². The van der Waals surface area contributed by atoms with Crippen LogP contribution in [0.2, 0.25) is 0 Å². The maximum atomic E-state index is 12.6. The highest BCUT2D eigenvalue weighted by atomic mass is 32.1. The Hall–Kier alpha value is -1.27. The number of carbonyl (C=O) groups excluding carboxylic acids is 2. The summed E-state index contributed by atoms with van der Waals surface area (Å²) in [6.45, 7) is 3.33. The van der Waals surface area contributed by atoms with Crippen LogP contribution in [0.1, 0.15) is 37.0 Å². The minimum atomic E-state index is -0.0120. The summed E-state index contributed by atoms with van der Waals surface area (Å²) in [6.07, 6.45) is 6.10. The van der Waals surface area contributed by atoms with Gasteiger partial charge in [-0.3, -0.25) is 9.59 Å². The summed E-state index contributed by atoms with van der Waals surface area (Å²) in [7, 11) is 1.67. The minimum absolute atomic E-state index is 0.00914. The quantitative estimate of drug-likeness (QED) is 0.848. The standard InChI is InChI=1S/C17H24N2O3S/c1-11-10-19(3-4-22-2)17(23-11)18-16(21)14-6-12-5-13(7-14)9-15(20)8-12/h10,12-14H,3-9H2,1-2H3/b18-17-/t12-,13+,14+. The number of hydrogen-bond acceptors (Lipinski definition) is 4. The second kappa shape index (κ2) is 7.09. The molecule has 6 heteroatoms. The molecule has 1 aromatic heterocycles. The number of ether oxygens (including phenoxy) is 1. The minimum Gasteiger partial charge on any atom is -0.383 e. The molecule has 1 heterocycles. The van der Waals surface area contributed by atoms with E-state index in [2.05, 4.69) is 4.99 Å². The molecule has 2 aliphatic rings. The molecular weight excluding hydrogens is 312 g/mol. The first-order chi connectivity index (χ1) is 11.0. The summed E-state index contributed by atoms with van der Waals surface area (Å²) >= 11 is 1.54. The third-order valence-corrected chi connectivity index (χ3v) is 5.80. The summed E-state index contributed by atoms with van der Waals surface area (Å²) in [5.74, 6) is 1.14. The molecule has 0 N–H and O–H groups in total. The highest BCUT2D eigenvalue weighted by Gasteiger charge is 2.37. The fourth-order valence-corrected chi connectivity index (χ4v) is 4.82. The van der Waals surface area contributed by atoms with Gasteiger partial charge < -0.3 is 9.30 Å².